The van der Waals surface area contributed by atoms with Crippen LogP contribution in [0.25, 0.3) is 0 Å². The van der Waals surface area contributed by atoms with Crippen molar-refractivity contribution in [2.75, 3.05) is 11.9 Å². The first kappa shape index (κ1) is 16.0. The van der Waals surface area contributed by atoms with Crippen molar-refractivity contribution < 1.29 is 9.53 Å². The van der Waals surface area contributed by atoms with Crippen molar-refractivity contribution in [1.29, 1.82) is 0 Å². The predicted octanol–water partition coefficient (Wildman–Crippen LogP) is 3.07. The van der Waals surface area contributed by atoms with Crippen LogP contribution in [0.5, 0.6) is 0 Å². The fraction of sp³-hybridized carbons (Fsp3) is 0.588. The predicted molar refractivity (Wildman–Crippen MR) is 85.0 cm³/mol. The van der Waals surface area contributed by atoms with Crippen LogP contribution in [-0.4, -0.2) is 18.6 Å². The SMILES string of the molecule is CC1(C)CCC(OCC(=O)Nc2cccc(CN)c2)CC1. The summed E-state index contributed by atoms with van der Waals surface area (Å²) >= 11 is 0. The lowest BCUT2D eigenvalue weighted by Crippen LogP contribution is -2.29. The van der Waals surface area contributed by atoms with Crippen molar-refractivity contribution in [1.82, 2.24) is 0 Å². The number of nitrogens with one attached hydrogen (secondary N) is 1. The van der Waals surface area contributed by atoms with Crippen molar-refractivity contribution >= 4 is 11.6 Å². The third-order valence-electron chi connectivity index (χ3n) is 4.18. The molecule has 1 saturated carbocycles. The average Bonchev–Trinajstić information content (AvgIpc) is 2.46. The Labute approximate surface area is 127 Å². The summed E-state index contributed by atoms with van der Waals surface area (Å²) in [5.74, 6) is -0.103. The first-order valence-corrected chi connectivity index (χ1v) is 7.69. The molecule has 2 rings (SSSR count). The van der Waals surface area contributed by atoms with Crippen LogP contribution < -0.4 is 11.1 Å². The molecule has 1 fully saturated rings. The van der Waals surface area contributed by atoms with E-state index < -0.39 is 0 Å². The molecule has 1 amide bonds. The molecule has 0 spiro atoms. The van der Waals surface area contributed by atoms with Crippen LogP contribution in [0, 0.1) is 5.41 Å². The van der Waals surface area contributed by atoms with Gasteiger partial charge in [0.2, 0.25) is 5.91 Å². The summed E-state index contributed by atoms with van der Waals surface area (Å²) in [5.41, 5.74) is 7.79. The molecule has 0 radical (unpaired) electrons. The maximum Gasteiger partial charge on any atom is 0.250 e. The monoisotopic (exact) mass is 290 g/mol. The second-order valence-electron chi connectivity index (χ2n) is 6.63. The summed E-state index contributed by atoms with van der Waals surface area (Å²) in [6.07, 6.45) is 4.64. The van der Waals surface area contributed by atoms with Crippen molar-refractivity contribution in [3.05, 3.63) is 29.8 Å². The molecular formula is C17H26N2O2. The highest BCUT2D eigenvalue weighted by Gasteiger charge is 2.27. The summed E-state index contributed by atoms with van der Waals surface area (Å²) in [4.78, 5) is 11.9. The largest absolute Gasteiger partial charge is 0.368 e. The van der Waals surface area contributed by atoms with Crippen LogP contribution in [0.4, 0.5) is 5.69 Å². The Bertz CT molecular complexity index is 475. The Morgan fingerprint density at radius 2 is 2.10 bits per heavy atom. The quantitative estimate of drug-likeness (QED) is 0.876. The number of rotatable bonds is 5. The standard InChI is InChI=1S/C17H26N2O2/c1-17(2)8-6-15(7-9-17)21-12-16(20)19-14-5-3-4-13(10-14)11-18/h3-5,10,15H,6-9,11-12,18H2,1-2H3,(H,19,20). The third kappa shape index (κ3) is 5.14. The number of carbonyl (C=O) groups excluding carboxylic acids is 1. The second kappa shape index (κ2) is 7.05. The van der Waals surface area contributed by atoms with E-state index in [1.807, 2.05) is 24.3 Å². The van der Waals surface area contributed by atoms with E-state index in [0.29, 0.717) is 12.0 Å². The van der Waals surface area contributed by atoms with E-state index in [0.717, 1.165) is 36.9 Å². The van der Waals surface area contributed by atoms with Gasteiger partial charge in [0.15, 0.2) is 0 Å². The Morgan fingerprint density at radius 1 is 1.38 bits per heavy atom. The number of amides is 1. The van der Waals surface area contributed by atoms with Crippen LogP contribution in [0.1, 0.15) is 45.1 Å². The van der Waals surface area contributed by atoms with Gasteiger partial charge in [0, 0.05) is 12.2 Å². The Kier molecular flexibility index (Phi) is 5.37. The molecule has 21 heavy (non-hydrogen) atoms. The van der Waals surface area contributed by atoms with Gasteiger partial charge >= 0.3 is 0 Å². The van der Waals surface area contributed by atoms with Crippen LogP contribution in [0.3, 0.4) is 0 Å². The van der Waals surface area contributed by atoms with E-state index in [1.165, 1.54) is 0 Å². The van der Waals surface area contributed by atoms with Gasteiger partial charge in [0.25, 0.3) is 0 Å². The summed E-state index contributed by atoms with van der Waals surface area (Å²) in [7, 11) is 0. The first-order chi connectivity index (χ1) is 9.98. The molecule has 4 nitrogen and oxygen atoms in total. The van der Waals surface area contributed by atoms with Crippen LogP contribution in [0.2, 0.25) is 0 Å². The highest BCUT2D eigenvalue weighted by Crippen LogP contribution is 2.36. The van der Waals surface area contributed by atoms with Gasteiger partial charge < -0.3 is 15.8 Å². The molecule has 0 bridgehead atoms. The molecule has 1 aliphatic carbocycles. The van der Waals surface area contributed by atoms with Crippen molar-refractivity contribution in [3.63, 3.8) is 0 Å². The van der Waals surface area contributed by atoms with Crippen molar-refractivity contribution in [2.24, 2.45) is 11.1 Å². The smallest absolute Gasteiger partial charge is 0.250 e. The molecule has 0 heterocycles. The Hall–Kier alpha value is -1.39. The number of carbonyl (C=O) groups is 1. The normalized spacial score (nSPS) is 18.4. The number of benzene rings is 1. The summed E-state index contributed by atoms with van der Waals surface area (Å²) in [5, 5.41) is 2.85. The van der Waals surface area contributed by atoms with Gasteiger partial charge in [-0.15, -0.1) is 0 Å². The van der Waals surface area contributed by atoms with Gasteiger partial charge in [-0.25, -0.2) is 0 Å². The fourth-order valence-electron chi connectivity index (χ4n) is 2.71. The topological polar surface area (TPSA) is 64.3 Å². The lowest BCUT2D eigenvalue weighted by Gasteiger charge is -2.34. The molecule has 0 saturated heterocycles. The number of hydrogen-bond acceptors (Lipinski definition) is 3. The Balaban J connectivity index is 1.75. The van der Waals surface area contributed by atoms with Gasteiger partial charge in [-0.3, -0.25) is 4.79 Å². The highest BCUT2D eigenvalue weighted by molar-refractivity contribution is 5.91. The lowest BCUT2D eigenvalue weighted by molar-refractivity contribution is -0.123. The zero-order chi connectivity index (χ0) is 15.3. The highest BCUT2D eigenvalue weighted by atomic mass is 16.5. The molecule has 116 valence electrons. The van der Waals surface area contributed by atoms with Gasteiger partial charge in [-0.05, 0) is 48.8 Å². The molecule has 0 unspecified atom stereocenters. The van der Waals surface area contributed by atoms with E-state index in [1.54, 1.807) is 0 Å². The minimum atomic E-state index is -0.103. The molecule has 1 aromatic rings. The number of ether oxygens (including phenoxy) is 1. The van der Waals surface area contributed by atoms with Crippen molar-refractivity contribution in [2.45, 2.75) is 52.2 Å². The van der Waals surface area contributed by atoms with Crippen LogP contribution >= 0.6 is 0 Å². The van der Waals surface area contributed by atoms with Gasteiger partial charge in [0.1, 0.15) is 6.61 Å². The molecule has 0 atom stereocenters. The average molecular weight is 290 g/mol. The zero-order valence-corrected chi connectivity index (χ0v) is 13.0. The second-order valence-corrected chi connectivity index (χ2v) is 6.63. The zero-order valence-electron chi connectivity index (χ0n) is 13.0. The lowest BCUT2D eigenvalue weighted by atomic mass is 9.76. The minimum absolute atomic E-state index is 0.103. The third-order valence-corrected chi connectivity index (χ3v) is 4.18. The Morgan fingerprint density at radius 3 is 2.76 bits per heavy atom. The van der Waals surface area contributed by atoms with E-state index in [4.69, 9.17) is 10.5 Å². The molecule has 1 aliphatic rings. The summed E-state index contributed by atoms with van der Waals surface area (Å²) < 4.78 is 5.73. The van der Waals surface area contributed by atoms with Gasteiger partial charge in [-0.1, -0.05) is 26.0 Å². The fourth-order valence-corrected chi connectivity index (χ4v) is 2.71. The van der Waals surface area contributed by atoms with Gasteiger partial charge in [-0.2, -0.15) is 0 Å². The summed E-state index contributed by atoms with van der Waals surface area (Å²) in [6.45, 7) is 5.18. The van der Waals surface area contributed by atoms with E-state index in [9.17, 15) is 4.79 Å². The molecule has 0 aliphatic heterocycles. The molecule has 0 aromatic heterocycles. The summed E-state index contributed by atoms with van der Waals surface area (Å²) in [6, 6.07) is 7.58. The first-order valence-electron chi connectivity index (χ1n) is 7.69. The van der Waals surface area contributed by atoms with Crippen LogP contribution in [-0.2, 0) is 16.1 Å². The van der Waals surface area contributed by atoms with E-state index in [2.05, 4.69) is 19.2 Å². The number of hydrogen-bond donors (Lipinski definition) is 2. The molecule has 3 N–H and O–H groups in total. The van der Waals surface area contributed by atoms with E-state index in [-0.39, 0.29) is 18.6 Å². The number of anilines is 1. The van der Waals surface area contributed by atoms with Gasteiger partial charge in [0.05, 0.1) is 6.10 Å². The molecule has 1 aromatic carbocycles. The van der Waals surface area contributed by atoms with Crippen molar-refractivity contribution in [3.8, 4) is 0 Å². The van der Waals surface area contributed by atoms with Crippen LogP contribution in [0.15, 0.2) is 24.3 Å². The molecular weight excluding hydrogens is 264 g/mol. The maximum atomic E-state index is 11.9. The molecule has 4 heteroatoms. The minimum Gasteiger partial charge on any atom is -0.368 e. The maximum absolute atomic E-state index is 11.9. The van der Waals surface area contributed by atoms with E-state index >= 15 is 0 Å². The number of nitrogens with two attached hydrogens (primary N) is 1.